The van der Waals surface area contributed by atoms with Gasteiger partial charge in [-0.05, 0) is 56.9 Å². The van der Waals surface area contributed by atoms with E-state index in [0.717, 1.165) is 29.8 Å². The summed E-state index contributed by atoms with van der Waals surface area (Å²) < 4.78 is 7.09. The first-order chi connectivity index (χ1) is 11.0. The summed E-state index contributed by atoms with van der Waals surface area (Å²) in [6.07, 6.45) is 4.51. The number of carbonyl (C=O) groups excluding carboxylic acids is 1. The zero-order valence-corrected chi connectivity index (χ0v) is 14.6. The van der Waals surface area contributed by atoms with Crippen LogP contribution in [-0.4, -0.2) is 22.3 Å². The van der Waals surface area contributed by atoms with E-state index in [0.29, 0.717) is 5.75 Å². The highest BCUT2D eigenvalue weighted by atomic mass is 16.5. The number of benzene rings is 1. The maximum atomic E-state index is 12.4. The fraction of sp³-hybridized carbons (Fsp3) is 0.474. The van der Waals surface area contributed by atoms with E-state index in [4.69, 9.17) is 4.74 Å². The smallest absolute Gasteiger partial charge is 0.284 e. The number of rotatable bonds is 7. The molecule has 0 radical (unpaired) electrons. The Morgan fingerprint density at radius 1 is 1.22 bits per heavy atom. The number of aromatic nitrogens is 2. The maximum Gasteiger partial charge on any atom is 0.284 e. The molecule has 0 aliphatic carbocycles. The minimum atomic E-state index is -0.131. The van der Waals surface area contributed by atoms with Gasteiger partial charge in [-0.15, -0.1) is 0 Å². The molecule has 0 saturated heterocycles. The number of aryl methyl sites for hydroxylation is 2. The lowest BCUT2D eigenvalue weighted by Gasteiger charge is -2.07. The van der Waals surface area contributed by atoms with Crippen LogP contribution < -0.4 is 4.74 Å². The molecule has 124 valence electrons. The van der Waals surface area contributed by atoms with Crippen LogP contribution in [-0.2, 0) is 6.42 Å². The number of ether oxygens (including phenoxy) is 1. The predicted molar refractivity (Wildman–Crippen MR) is 92.2 cm³/mol. The number of carbonyl (C=O) groups is 1. The zero-order chi connectivity index (χ0) is 16.8. The van der Waals surface area contributed by atoms with Gasteiger partial charge in [0.15, 0.2) is 6.61 Å². The SMILES string of the molecule is CCCCCc1c(C)nn(C(=O)COc2cccc(C)c2)c1C. The lowest BCUT2D eigenvalue weighted by atomic mass is 10.1. The monoisotopic (exact) mass is 314 g/mol. The second-order valence-corrected chi connectivity index (χ2v) is 6.02. The molecule has 0 aliphatic heterocycles. The standard InChI is InChI=1S/C19H26N2O2/c1-5-6-7-11-18-15(3)20-21(16(18)4)19(22)13-23-17-10-8-9-14(2)12-17/h8-10,12H,5-7,11,13H2,1-4H3. The molecule has 1 aromatic heterocycles. The van der Waals surface area contributed by atoms with Crippen molar-refractivity contribution in [1.29, 1.82) is 0 Å². The number of nitrogens with zero attached hydrogens (tertiary/aromatic N) is 2. The van der Waals surface area contributed by atoms with Crippen molar-refractivity contribution < 1.29 is 9.53 Å². The van der Waals surface area contributed by atoms with Crippen molar-refractivity contribution in [2.24, 2.45) is 0 Å². The molecule has 0 atom stereocenters. The van der Waals surface area contributed by atoms with Crippen molar-refractivity contribution in [3.63, 3.8) is 0 Å². The fourth-order valence-electron chi connectivity index (χ4n) is 2.74. The van der Waals surface area contributed by atoms with Crippen LogP contribution in [0.2, 0.25) is 0 Å². The molecular weight excluding hydrogens is 288 g/mol. The third-order valence-electron chi connectivity index (χ3n) is 4.06. The van der Waals surface area contributed by atoms with Gasteiger partial charge in [0.05, 0.1) is 5.69 Å². The van der Waals surface area contributed by atoms with Gasteiger partial charge in [0.2, 0.25) is 0 Å². The Labute approximate surface area is 138 Å². The molecule has 0 N–H and O–H groups in total. The van der Waals surface area contributed by atoms with Gasteiger partial charge in [0.25, 0.3) is 5.91 Å². The van der Waals surface area contributed by atoms with E-state index in [1.165, 1.54) is 23.1 Å². The van der Waals surface area contributed by atoms with Crippen LogP contribution in [0, 0.1) is 20.8 Å². The Morgan fingerprint density at radius 2 is 2.00 bits per heavy atom. The van der Waals surface area contributed by atoms with Crippen LogP contribution in [0.5, 0.6) is 5.75 Å². The Bertz CT molecular complexity index is 674. The molecule has 23 heavy (non-hydrogen) atoms. The molecule has 0 saturated carbocycles. The quantitative estimate of drug-likeness (QED) is 0.717. The molecule has 2 aromatic rings. The summed E-state index contributed by atoms with van der Waals surface area (Å²) in [5.74, 6) is 0.580. The van der Waals surface area contributed by atoms with Gasteiger partial charge in [-0.25, -0.2) is 4.68 Å². The molecule has 0 bridgehead atoms. The van der Waals surface area contributed by atoms with Gasteiger partial charge >= 0.3 is 0 Å². The lowest BCUT2D eigenvalue weighted by molar-refractivity contribution is 0.0818. The lowest BCUT2D eigenvalue weighted by Crippen LogP contribution is -2.21. The van der Waals surface area contributed by atoms with E-state index in [9.17, 15) is 4.79 Å². The van der Waals surface area contributed by atoms with E-state index in [2.05, 4.69) is 12.0 Å². The van der Waals surface area contributed by atoms with E-state index in [-0.39, 0.29) is 12.5 Å². The molecule has 1 aromatic carbocycles. The minimum absolute atomic E-state index is 0.000185. The van der Waals surface area contributed by atoms with Gasteiger partial charge in [0, 0.05) is 5.69 Å². The highest BCUT2D eigenvalue weighted by Crippen LogP contribution is 2.17. The van der Waals surface area contributed by atoms with Crippen molar-refractivity contribution in [1.82, 2.24) is 9.78 Å². The Morgan fingerprint density at radius 3 is 2.70 bits per heavy atom. The molecule has 1 heterocycles. The van der Waals surface area contributed by atoms with E-state index in [1.807, 2.05) is 45.0 Å². The Balaban J connectivity index is 2.03. The van der Waals surface area contributed by atoms with Gasteiger partial charge in [-0.1, -0.05) is 31.9 Å². The van der Waals surface area contributed by atoms with Crippen LogP contribution >= 0.6 is 0 Å². The van der Waals surface area contributed by atoms with Crippen LogP contribution in [0.15, 0.2) is 24.3 Å². The molecule has 4 heteroatoms. The fourth-order valence-corrected chi connectivity index (χ4v) is 2.74. The van der Waals surface area contributed by atoms with Crippen molar-refractivity contribution in [2.75, 3.05) is 6.61 Å². The van der Waals surface area contributed by atoms with Crippen LogP contribution in [0.3, 0.4) is 0 Å². The summed E-state index contributed by atoms with van der Waals surface area (Å²) in [6.45, 7) is 8.12. The highest BCUT2D eigenvalue weighted by molar-refractivity contribution is 5.80. The Hall–Kier alpha value is -2.10. The normalized spacial score (nSPS) is 10.8. The summed E-state index contributed by atoms with van der Waals surface area (Å²) in [6, 6.07) is 7.70. The number of unbranched alkanes of at least 4 members (excludes halogenated alkanes) is 2. The van der Waals surface area contributed by atoms with E-state index in [1.54, 1.807) is 0 Å². The molecule has 4 nitrogen and oxygen atoms in total. The van der Waals surface area contributed by atoms with E-state index >= 15 is 0 Å². The van der Waals surface area contributed by atoms with E-state index < -0.39 is 0 Å². The number of hydrogen-bond acceptors (Lipinski definition) is 3. The second-order valence-electron chi connectivity index (χ2n) is 6.02. The summed E-state index contributed by atoms with van der Waals surface area (Å²) in [4.78, 5) is 12.4. The molecule has 0 amide bonds. The second kappa shape index (κ2) is 7.95. The summed E-state index contributed by atoms with van der Waals surface area (Å²) in [5, 5.41) is 4.41. The predicted octanol–water partition coefficient (Wildman–Crippen LogP) is 4.26. The molecule has 0 aliphatic rings. The van der Waals surface area contributed by atoms with Crippen LogP contribution in [0.4, 0.5) is 0 Å². The van der Waals surface area contributed by atoms with Crippen molar-refractivity contribution in [2.45, 2.75) is 53.4 Å². The maximum absolute atomic E-state index is 12.4. The highest BCUT2D eigenvalue weighted by Gasteiger charge is 2.16. The molecule has 0 fully saturated rings. The van der Waals surface area contributed by atoms with Crippen molar-refractivity contribution in [3.8, 4) is 5.75 Å². The van der Waals surface area contributed by atoms with Gasteiger partial charge in [-0.2, -0.15) is 5.10 Å². The summed E-state index contributed by atoms with van der Waals surface area (Å²) in [7, 11) is 0. The first-order valence-electron chi connectivity index (χ1n) is 8.30. The number of hydrogen-bond donors (Lipinski definition) is 0. The van der Waals surface area contributed by atoms with Crippen molar-refractivity contribution in [3.05, 3.63) is 46.8 Å². The first-order valence-corrected chi connectivity index (χ1v) is 8.30. The average molecular weight is 314 g/mol. The van der Waals surface area contributed by atoms with Crippen LogP contribution in [0.1, 0.15) is 53.5 Å². The zero-order valence-electron chi connectivity index (χ0n) is 14.6. The topological polar surface area (TPSA) is 44.1 Å². The molecule has 0 unspecified atom stereocenters. The minimum Gasteiger partial charge on any atom is -0.484 e. The largest absolute Gasteiger partial charge is 0.484 e. The van der Waals surface area contributed by atoms with Crippen LogP contribution in [0.25, 0.3) is 0 Å². The average Bonchev–Trinajstić information content (AvgIpc) is 2.81. The van der Waals surface area contributed by atoms with Crippen molar-refractivity contribution >= 4 is 5.91 Å². The van der Waals surface area contributed by atoms with Gasteiger partial charge in [0.1, 0.15) is 5.75 Å². The van der Waals surface area contributed by atoms with Gasteiger partial charge in [-0.3, -0.25) is 4.79 Å². The summed E-state index contributed by atoms with van der Waals surface area (Å²) >= 11 is 0. The Kier molecular flexibility index (Phi) is 5.97. The summed E-state index contributed by atoms with van der Waals surface area (Å²) in [5.41, 5.74) is 4.19. The molecule has 2 rings (SSSR count). The van der Waals surface area contributed by atoms with Gasteiger partial charge < -0.3 is 4.74 Å². The molecular formula is C19H26N2O2. The third kappa shape index (κ3) is 4.44. The first kappa shape index (κ1) is 17.3. The third-order valence-corrected chi connectivity index (χ3v) is 4.06. The molecule has 0 spiro atoms.